The number of carbonyl (C=O) groups is 1. The maximum Gasteiger partial charge on any atom is 0.241 e. The van der Waals surface area contributed by atoms with Crippen LogP contribution in [0.5, 0.6) is 0 Å². The molecule has 1 amide bonds. The Labute approximate surface area is 111 Å². The van der Waals surface area contributed by atoms with Gasteiger partial charge in [0.25, 0.3) is 0 Å². The van der Waals surface area contributed by atoms with Crippen molar-refractivity contribution in [2.75, 3.05) is 11.9 Å². The molecule has 0 aromatic heterocycles. The zero-order valence-corrected chi connectivity index (χ0v) is 10.9. The molecule has 2 rings (SSSR count). The highest BCUT2D eigenvalue weighted by molar-refractivity contribution is 6.33. The van der Waals surface area contributed by atoms with E-state index < -0.39 is 5.82 Å². The Morgan fingerprint density at radius 3 is 3.06 bits per heavy atom. The minimum atomic E-state index is -0.417. The third-order valence-corrected chi connectivity index (χ3v) is 3.50. The van der Waals surface area contributed by atoms with Crippen LogP contribution < -0.4 is 10.6 Å². The summed E-state index contributed by atoms with van der Waals surface area (Å²) in [4.78, 5) is 12.0. The number of halogens is 2. The molecule has 1 fully saturated rings. The maximum absolute atomic E-state index is 13.1. The Hall–Kier alpha value is -1.13. The van der Waals surface area contributed by atoms with E-state index in [4.69, 9.17) is 11.6 Å². The van der Waals surface area contributed by atoms with Gasteiger partial charge in [-0.1, -0.05) is 18.5 Å². The van der Waals surface area contributed by atoms with E-state index in [9.17, 15) is 9.18 Å². The minimum Gasteiger partial charge on any atom is -0.323 e. The Bertz CT molecular complexity index is 453. The lowest BCUT2D eigenvalue weighted by Gasteiger charge is -2.27. The molecule has 1 heterocycles. The van der Waals surface area contributed by atoms with Crippen LogP contribution in [0.3, 0.4) is 0 Å². The second kappa shape index (κ2) is 5.67. The van der Waals surface area contributed by atoms with Crippen LogP contribution in [-0.2, 0) is 4.79 Å². The smallest absolute Gasteiger partial charge is 0.241 e. The van der Waals surface area contributed by atoms with Gasteiger partial charge in [-0.05, 0) is 43.5 Å². The summed E-state index contributed by atoms with van der Waals surface area (Å²) in [6, 6.07) is 3.70. The summed E-state index contributed by atoms with van der Waals surface area (Å²) in [6.07, 6.45) is 1.86. The van der Waals surface area contributed by atoms with Crippen molar-refractivity contribution in [3.63, 3.8) is 0 Å². The monoisotopic (exact) mass is 270 g/mol. The van der Waals surface area contributed by atoms with Crippen molar-refractivity contribution in [3.8, 4) is 0 Å². The fourth-order valence-corrected chi connectivity index (χ4v) is 2.29. The predicted octanol–water partition coefficient (Wildman–Crippen LogP) is 2.81. The topological polar surface area (TPSA) is 41.1 Å². The van der Waals surface area contributed by atoms with E-state index in [2.05, 4.69) is 17.6 Å². The van der Waals surface area contributed by atoms with Gasteiger partial charge in [0.2, 0.25) is 5.91 Å². The van der Waals surface area contributed by atoms with Crippen LogP contribution in [0.4, 0.5) is 10.1 Å². The van der Waals surface area contributed by atoms with Gasteiger partial charge in [0.05, 0.1) is 16.8 Å². The van der Waals surface area contributed by atoms with Crippen LogP contribution in [0.15, 0.2) is 18.2 Å². The molecule has 0 aliphatic carbocycles. The molecule has 3 nitrogen and oxygen atoms in total. The van der Waals surface area contributed by atoms with Gasteiger partial charge < -0.3 is 10.6 Å². The number of nitrogens with one attached hydrogen (secondary N) is 2. The number of benzene rings is 1. The molecule has 0 spiro atoms. The number of amides is 1. The van der Waals surface area contributed by atoms with Gasteiger partial charge >= 0.3 is 0 Å². The van der Waals surface area contributed by atoms with Gasteiger partial charge in [-0.3, -0.25) is 4.79 Å². The first-order valence-electron chi connectivity index (χ1n) is 6.05. The van der Waals surface area contributed by atoms with E-state index in [1.165, 1.54) is 18.2 Å². The third kappa shape index (κ3) is 3.21. The van der Waals surface area contributed by atoms with E-state index in [-0.39, 0.29) is 11.9 Å². The van der Waals surface area contributed by atoms with Crippen molar-refractivity contribution in [3.05, 3.63) is 29.0 Å². The number of piperidine rings is 1. The van der Waals surface area contributed by atoms with Gasteiger partial charge in [-0.25, -0.2) is 4.39 Å². The number of anilines is 1. The highest BCUT2D eigenvalue weighted by Crippen LogP contribution is 2.23. The van der Waals surface area contributed by atoms with Gasteiger partial charge in [0, 0.05) is 0 Å². The van der Waals surface area contributed by atoms with Crippen LogP contribution in [0.1, 0.15) is 19.8 Å². The Kier molecular flexibility index (Phi) is 4.19. The zero-order valence-electron chi connectivity index (χ0n) is 10.2. The normalized spacial score (nSPS) is 23.7. The fraction of sp³-hybridized carbons (Fsp3) is 0.462. The Morgan fingerprint density at radius 1 is 1.56 bits per heavy atom. The van der Waals surface area contributed by atoms with Crippen LogP contribution >= 0.6 is 11.6 Å². The average molecular weight is 271 g/mol. The molecule has 1 aromatic carbocycles. The molecule has 0 saturated carbocycles. The lowest BCUT2D eigenvalue weighted by Crippen LogP contribution is -2.45. The predicted molar refractivity (Wildman–Crippen MR) is 70.2 cm³/mol. The van der Waals surface area contributed by atoms with Crippen molar-refractivity contribution in [2.45, 2.75) is 25.8 Å². The number of carbonyl (C=O) groups excluding carboxylic acids is 1. The summed E-state index contributed by atoms with van der Waals surface area (Å²) < 4.78 is 13.1. The van der Waals surface area contributed by atoms with E-state index in [1.54, 1.807) is 0 Å². The molecule has 1 aliphatic heterocycles. The van der Waals surface area contributed by atoms with Gasteiger partial charge in [0.15, 0.2) is 0 Å². The molecular weight excluding hydrogens is 255 g/mol. The van der Waals surface area contributed by atoms with E-state index in [0.717, 1.165) is 19.4 Å². The standard InChI is InChI=1S/C13H16ClFN2O/c1-8-4-5-16-12(6-8)13(18)17-11-7-9(15)2-3-10(11)14/h2-3,7-8,12,16H,4-6H2,1H3,(H,17,18). The quantitative estimate of drug-likeness (QED) is 0.868. The highest BCUT2D eigenvalue weighted by atomic mass is 35.5. The van der Waals surface area contributed by atoms with Crippen molar-refractivity contribution in [1.82, 2.24) is 5.32 Å². The Balaban J connectivity index is 2.04. The molecule has 2 unspecified atom stereocenters. The second-order valence-electron chi connectivity index (χ2n) is 4.75. The third-order valence-electron chi connectivity index (χ3n) is 3.17. The summed E-state index contributed by atoms with van der Waals surface area (Å²) in [7, 11) is 0. The minimum absolute atomic E-state index is 0.158. The van der Waals surface area contributed by atoms with E-state index in [1.807, 2.05) is 0 Å². The largest absolute Gasteiger partial charge is 0.323 e. The molecule has 18 heavy (non-hydrogen) atoms. The highest BCUT2D eigenvalue weighted by Gasteiger charge is 2.24. The molecule has 2 atom stereocenters. The summed E-state index contributed by atoms with van der Waals surface area (Å²) in [5.74, 6) is -0.0568. The molecule has 1 saturated heterocycles. The van der Waals surface area contributed by atoms with Gasteiger partial charge in [-0.15, -0.1) is 0 Å². The molecular formula is C13H16ClFN2O. The van der Waals surface area contributed by atoms with Gasteiger partial charge in [-0.2, -0.15) is 0 Å². The SMILES string of the molecule is CC1CCNC(C(=O)Nc2cc(F)ccc2Cl)C1. The number of rotatable bonds is 2. The van der Waals surface area contributed by atoms with Crippen molar-refractivity contribution < 1.29 is 9.18 Å². The first-order valence-corrected chi connectivity index (χ1v) is 6.43. The first-order chi connectivity index (χ1) is 8.56. The summed E-state index contributed by atoms with van der Waals surface area (Å²) in [5.41, 5.74) is 0.321. The van der Waals surface area contributed by atoms with Crippen LogP contribution in [0.25, 0.3) is 0 Å². The molecule has 1 aliphatic rings. The lowest BCUT2D eigenvalue weighted by molar-refractivity contribution is -0.119. The van der Waals surface area contributed by atoms with Crippen molar-refractivity contribution in [1.29, 1.82) is 0 Å². The molecule has 5 heteroatoms. The maximum atomic E-state index is 13.1. The van der Waals surface area contributed by atoms with E-state index in [0.29, 0.717) is 16.6 Å². The zero-order chi connectivity index (χ0) is 13.1. The van der Waals surface area contributed by atoms with Crippen LogP contribution in [0.2, 0.25) is 5.02 Å². The van der Waals surface area contributed by atoms with E-state index >= 15 is 0 Å². The molecule has 0 radical (unpaired) electrons. The van der Waals surface area contributed by atoms with Crippen LogP contribution in [-0.4, -0.2) is 18.5 Å². The summed E-state index contributed by atoms with van der Waals surface area (Å²) >= 11 is 5.91. The molecule has 1 aromatic rings. The lowest BCUT2D eigenvalue weighted by atomic mass is 9.94. The second-order valence-corrected chi connectivity index (χ2v) is 5.16. The van der Waals surface area contributed by atoms with Crippen molar-refractivity contribution >= 4 is 23.2 Å². The Morgan fingerprint density at radius 2 is 2.33 bits per heavy atom. The summed E-state index contributed by atoms with van der Waals surface area (Å²) in [6.45, 7) is 2.95. The van der Waals surface area contributed by atoms with Crippen LogP contribution in [0, 0.1) is 11.7 Å². The van der Waals surface area contributed by atoms with Crippen molar-refractivity contribution in [2.24, 2.45) is 5.92 Å². The number of hydrogen-bond donors (Lipinski definition) is 2. The molecule has 0 bridgehead atoms. The first kappa shape index (κ1) is 13.3. The number of hydrogen-bond acceptors (Lipinski definition) is 2. The molecule has 2 N–H and O–H groups in total. The average Bonchev–Trinajstić information content (AvgIpc) is 2.34. The molecule has 98 valence electrons. The van der Waals surface area contributed by atoms with Gasteiger partial charge in [0.1, 0.15) is 5.82 Å². The summed E-state index contributed by atoms with van der Waals surface area (Å²) in [5, 5.41) is 6.16. The fourth-order valence-electron chi connectivity index (χ4n) is 2.12.